The molecule has 2 nitrogen and oxygen atoms in total. The van der Waals surface area contributed by atoms with E-state index < -0.39 is 0 Å². The Bertz CT molecular complexity index is 866. The number of ether oxygens (including phenoxy) is 1. The lowest BCUT2D eigenvalue weighted by Crippen LogP contribution is -2.01. The Morgan fingerprint density at radius 1 is 1.19 bits per heavy atom. The largest absolute Gasteiger partial charge is 0.492 e. The van der Waals surface area contributed by atoms with Crippen molar-refractivity contribution in [3.63, 3.8) is 0 Å². The van der Waals surface area contributed by atoms with E-state index in [1.807, 2.05) is 12.1 Å². The number of carbonyl (C=O) groups excluding carboxylic acids is 1. The van der Waals surface area contributed by atoms with E-state index in [9.17, 15) is 9.18 Å². The number of halogens is 1. The van der Waals surface area contributed by atoms with E-state index in [4.69, 9.17) is 4.74 Å². The number of hydrogen-bond acceptors (Lipinski definition) is 3. The maximum Gasteiger partial charge on any atom is 0.206 e. The quantitative estimate of drug-likeness (QED) is 0.663. The molecule has 2 aromatic carbocycles. The van der Waals surface area contributed by atoms with Crippen molar-refractivity contribution < 1.29 is 13.9 Å². The first-order chi connectivity index (χ1) is 10.2. The van der Waals surface area contributed by atoms with Crippen LogP contribution in [0.5, 0.6) is 5.75 Å². The molecule has 0 unspecified atom stereocenters. The van der Waals surface area contributed by atoms with Gasteiger partial charge in [0.15, 0.2) is 0 Å². The lowest BCUT2D eigenvalue weighted by atomic mass is 10.0. The molecule has 4 heteroatoms. The molecule has 0 aliphatic carbocycles. The van der Waals surface area contributed by atoms with Crippen molar-refractivity contribution in [3.8, 4) is 5.75 Å². The van der Waals surface area contributed by atoms with Gasteiger partial charge in [-0.05, 0) is 41.3 Å². The van der Waals surface area contributed by atoms with E-state index in [1.165, 1.54) is 23.5 Å². The van der Waals surface area contributed by atoms with E-state index in [0.717, 1.165) is 22.1 Å². The van der Waals surface area contributed by atoms with Crippen molar-refractivity contribution in [2.45, 2.75) is 6.42 Å². The molecule has 0 radical (unpaired) electrons. The molecule has 0 spiro atoms. The standard InChI is InChI=1S/C17H11FO2S/c18-12-4-5-14-11(8-12)9-15(21-14)16(19)13-3-1-2-10-6-7-20-17(10)13/h1-5,8-9H,6-7H2. The van der Waals surface area contributed by atoms with Gasteiger partial charge in [0.25, 0.3) is 0 Å². The molecule has 3 aromatic rings. The molecular formula is C17H11FO2S. The van der Waals surface area contributed by atoms with Crippen LogP contribution in [0.4, 0.5) is 4.39 Å². The Morgan fingerprint density at radius 3 is 3.00 bits per heavy atom. The monoisotopic (exact) mass is 298 g/mol. The Hall–Kier alpha value is -2.20. The third-order valence-electron chi connectivity index (χ3n) is 3.66. The molecule has 1 aliphatic heterocycles. The van der Waals surface area contributed by atoms with Gasteiger partial charge < -0.3 is 4.74 Å². The smallest absolute Gasteiger partial charge is 0.206 e. The summed E-state index contributed by atoms with van der Waals surface area (Å²) in [6.07, 6.45) is 0.841. The van der Waals surface area contributed by atoms with Gasteiger partial charge in [-0.15, -0.1) is 11.3 Å². The molecule has 0 fully saturated rings. The highest BCUT2D eigenvalue weighted by atomic mass is 32.1. The van der Waals surface area contributed by atoms with Crippen LogP contribution in [-0.4, -0.2) is 12.4 Å². The first-order valence-electron chi connectivity index (χ1n) is 6.71. The summed E-state index contributed by atoms with van der Waals surface area (Å²) >= 11 is 1.38. The molecule has 104 valence electrons. The zero-order chi connectivity index (χ0) is 14.4. The average Bonchev–Trinajstić information content (AvgIpc) is 3.11. The molecular weight excluding hydrogens is 287 g/mol. The third kappa shape index (κ3) is 2.03. The Labute approximate surface area is 124 Å². The number of carbonyl (C=O) groups is 1. The lowest BCUT2D eigenvalue weighted by molar-refractivity contribution is 0.103. The number of ketones is 1. The summed E-state index contributed by atoms with van der Waals surface area (Å²) in [4.78, 5) is 13.3. The van der Waals surface area contributed by atoms with Gasteiger partial charge in [0.05, 0.1) is 17.0 Å². The molecule has 0 bridgehead atoms. The number of benzene rings is 2. The Balaban J connectivity index is 1.82. The van der Waals surface area contributed by atoms with Gasteiger partial charge in [-0.2, -0.15) is 0 Å². The van der Waals surface area contributed by atoms with Gasteiger partial charge in [0.1, 0.15) is 11.6 Å². The molecule has 0 N–H and O–H groups in total. The molecule has 0 atom stereocenters. The summed E-state index contributed by atoms with van der Waals surface area (Å²) < 4.78 is 19.7. The molecule has 1 aromatic heterocycles. The zero-order valence-corrected chi connectivity index (χ0v) is 11.9. The fourth-order valence-electron chi connectivity index (χ4n) is 2.65. The predicted molar refractivity (Wildman–Crippen MR) is 80.9 cm³/mol. The van der Waals surface area contributed by atoms with Crippen LogP contribution < -0.4 is 4.74 Å². The maximum atomic E-state index is 13.2. The van der Waals surface area contributed by atoms with Gasteiger partial charge >= 0.3 is 0 Å². The van der Waals surface area contributed by atoms with Gasteiger partial charge in [0.2, 0.25) is 5.78 Å². The van der Waals surface area contributed by atoms with Crippen LogP contribution in [0.3, 0.4) is 0 Å². The van der Waals surface area contributed by atoms with Crippen molar-refractivity contribution in [1.29, 1.82) is 0 Å². The van der Waals surface area contributed by atoms with Crippen molar-refractivity contribution >= 4 is 27.2 Å². The lowest BCUT2D eigenvalue weighted by Gasteiger charge is -2.05. The number of thiophene rings is 1. The van der Waals surface area contributed by atoms with Crippen LogP contribution in [0.1, 0.15) is 20.8 Å². The summed E-state index contributed by atoms with van der Waals surface area (Å²) in [6, 6.07) is 12.0. The Kier molecular flexibility index (Phi) is 2.79. The van der Waals surface area contributed by atoms with Gasteiger partial charge in [-0.1, -0.05) is 12.1 Å². The molecule has 0 saturated heterocycles. The van der Waals surface area contributed by atoms with E-state index in [0.29, 0.717) is 22.8 Å². The van der Waals surface area contributed by atoms with Crippen molar-refractivity contribution in [2.75, 3.05) is 6.61 Å². The van der Waals surface area contributed by atoms with Gasteiger partial charge in [0, 0.05) is 11.1 Å². The topological polar surface area (TPSA) is 26.3 Å². The van der Waals surface area contributed by atoms with E-state index in [-0.39, 0.29) is 11.6 Å². The number of hydrogen-bond donors (Lipinski definition) is 0. The molecule has 21 heavy (non-hydrogen) atoms. The first kappa shape index (κ1) is 12.5. The number of rotatable bonds is 2. The highest BCUT2D eigenvalue weighted by Gasteiger charge is 2.22. The second-order valence-electron chi connectivity index (χ2n) is 5.01. The molecule has 2 heterocycles. The molecule has 4 rings (SSSR count). The van der Waals surface area contributed by atoms with Crippen LogP contribution in [0.25, 0.3) is 10.1 Å². The highest BCUT2D eigenvalue weighted by molar-refractivity contribution is 7.21. The minimum Gasteiger partial charge on any atom is -0.492 e. The van der Waals surface area contributed by atoms with Gasteiger partial charge in [-0.3, -0.25) is 4.79 Å². The van der Waals surface area contributed by atoms with Gasteiger partial charge in [-0.25, -0.2) is 4.39 Å². The van der Waals surface area contributed by atoms with Crippen molar-refractivity contribution in [1.82, 2.24) is 0 Å². The Morgan fingerprint density at radius 2 is 2.10 bits per heavy atom. The fraction of sp³-hybridized carbons (Fsp3) is 0.118. The number of fused-ring (bicyclic) bond motifs is 2. The first-order valence-corrected chi connectivity index (χ1v) is 7.52. The zero-order valence-electron chi connectivity index (χ0n) is 11.1. The summed E-state index contributed by atoms with van der Waals surface area (Å²) in [5, 5.41) is 0.761. The molecule has 0 saturated carbocycles. The number of para-hydroxylation sites is 1. The molecule has 0 amide bonds. The summed E-state index contributed by atoms with van der Waals surface area (Å²) in [5.41, 5.74) is 1.67. The summed E-state index contributed by atoms with van der Waals surface area (Å²) in [7, 11) is 0. The second kappa shape index (κ2) is 4.67. The normalized spacial score (nSPS) is 13.2. The van der Waals surface area contributed by atoms with Crippen LogP contribution in [0.2, 0.25) is 0 Å². The van der Waals surface area contributed by atoms with E-state index in [1.54, 1.807) is 18.2 Å². The minimum absolute atomic E-state index is 0.0599. The van der Waals surface area contributed by atoms with Crippen LogP contribution >= 0.6 is 11.3 Å². The van der Waals surface area contributed by atoms with Crippen LogP contribution in [-0.2, 0) is 6.42 Å². The van der Waals surface area contributed by atoms with E-state index >= 15 is 0 Å². The van der Waals surface area contributed by atoms with Crippen molar-refractivity contribution in [3.05, 3.63) is 64.3 Å². The molecule has 1 aliphatic rings. The average molecular weight is 298 g/mol. The predicted octanol–water partition coefficient (Wildman–Crippen LogP) is 4.21. The van der Waals surface area contributed by atoms with Crippen molar-refractivity contribution in [2.24, 2.45) is 0 Å². The minimum atomic E-state index is -0.289. The SMILES string of the molecule is O=C(c1cc2cc(F)ccc2s1)c1cccc2c1OCC2. The third-order valence-corrected chi connectivity index (χ3v) is 4.78. The summed E-state index contributed by atoms with van der Waals surface area (Å²) in [5.74, 6) is 0.352. The van der Waals surface area contributed by atoms with Crippen LogP contribution in [0, 0.1) is 5.82 Å². The van der Waals surface area contributed by atoms with E-state index in [2.05, 4.69) is 0 Å². The fourth-order valence-corrected chi connectivity index (χ4v) is 3.65. The maximum absolute atomic E-state index is 13.2. The summed E-state index contributed by atoms with van der Waals surface area (Å²) in [6.45, 7) is 0.622. The van der Waals surface area contributed by atoms with Crippen LogP contribution in [0.15, 0.2) is 42.5 Å². The highest BCUT2D eigenvalue weighted by Crippen LogP contribution is 2.34. The second-order valence-corrected chi connectivity index (χ2v) is 6.10.